The van der Waals surface area contributed by atoms with Crippen LogP contribution in [0, 0.1) is 0 Å². The Morgan fingerprint density at radius 1 is 0.920 bits per heavy atom. The normalized spacial score (nSPS) is 10.6. The van der Waals surface area contributed by atoms with Gasteiger partial charge in [-0.2, -0.15) is 4.98 Å². The molecule has 0 unspecified atom stereocenters. The topological polar surface area (TPSA) is 76.7 Å². The van der Waals surface area contributed by atoms with Gasteiger partial charge in [0, 0.05) is 24.5 Å². The molecule has 6 heteroatoms. The number of hydrogen-bond donors (Lipinski definition) is 1. The summed E-state index contributed by atoms with van der Waals surface area (Å²) >= 11 is 0. The third kappa shape index (κ3) is 3.53. The van der Waals surface area contributed by atoms with Gasteiger partial charge in [0.25, 0.3) is 5.89 Å². The van der Waals surface area contributed by atoms with Crippen LogP contribution in [0.5, 0.6) is 0 Å². The summed E-state index contributed by atoms with van der Waals surface area (Å²) in [7, 11) is 0. The number of benzene rings is 1. The maximum Gasteiger partial charge on any atom is 0.258 e. The van der Waals surface area contributed by atoms with Gasteiger partial charge in [-0.3, -0.25) is 9.97 Å². The van der Waals surface area contributed by atoms with Gasteiger partial charge in [0.05, 0.1) is 11.9 Å². The Hall–Kier alpha value is -3.54. The fourth-order valence-electron chi connectivity index (χ4n) is 2.36. The van der Waals surface area contributed by atoms with Gasteiger partial charge < -0.3 is 9.84 Å². The zero-order chi connectivity index (χ0) is 16.9. The highest BCUT2D eigenvalue weighted by molar-refractivity contribution is 5.58. The highest BCUT2D eigenvalue weighted by Gasteiger charge is 2.11. The Kier molecular flexibility index (Phi) is 4.16. The summed E-state index contributed by atoms with van der Waals surface area (Å²) < 4.78 is 5.32. The Morgan fingerprint density at radius 3 is 2.60 bits per heavy atom. The monoisotopic (exact) mass is 329 g/mol. The molecule has 0 radical (unpaired) electrons. The van der Waals surface area contributed by atoms with E-state index in [1.54, 1.807) is 12.4 Å². The molecular weight excluding hydrogens is 314 g/mol. The third-order valence-corrected chi connectivity index (χ3v) is 3.66. The Bertz CT molecular complexity index is 936. The van der Waals surface area contributed by atoms with Crippen LogP contribution < -0.4 is 5.32 Å². The fraction of sp³-hybridized carbons (Fsp3) is 0.0526. The van der Waals surface area contributed by atoms with E-state index in [0.29, 0.717) is 24.0 Å². The largest absolute Gasteiger partial charge is 0.380 e. The van der Waals surface area contributed by atoms with E-state index in [9.17, 15) is 0 Å². The second-order valence-electron chi connectivity index (χ2n) is 5.44. The standard InChI is InChI=1S/C19H15N5O/c1-2-6-15(7-3-1)19-23-18(24-25-19)17-9-8-16(13-22-17)21-12-14-5-4-10-20-11-14/h1-11,13,21H,12H2. The minimum absolute atomic E-state index is 0.470. The first kappa shape index (κ1) is 15.0. The van der Waals surface area contributed by atoms with Gasteiger partial charge in [-0.05, 0) is 35.9 Å². The van der Waals surface area contributed by atoms with Crippen molar-refractivity contribution < 1.29 is 4.52 Å². The number of hydrogen-bond acceptors (Lipinski definition) is 6. The van der Waals surface area contributed by atoms with E-state index < -0.39 is 0 Å². The molecule has 0 spiro atoms. The smallest absolute Gasteiger partial charge is 0.258 e. The van der Waals surface area contributed by atoms with Crippen molar-refractivity contribution in [3.8, 4) is 23.0 Å². The van der Waals surface area contributed by atoms with Crippen molar-refractivity contribution in [3.63, 3.8) is 0 Å². The SMILES string of the molecule is c1ccc(-c2nc(-c3ccc(NCc4cccnc4)cn3)no2)cc1. The zero-order valence-electron chi connectivity index (χ0n) is 13.3. The summed E-state index contributed by atoms with van der Waals surface area (Å²) in [5.74, 6) is 0.953. The molecule has 0 fully saturated rings. The molecule has 0 amide bonds. The van der Waals surface area contributed by atoms with Gasteiger partial charge in [-0.25, -0.2) is 0 Å². The van der Waals surface area contributed by atoms with Gasteiger partial charge in [-0.1, -0.05) is 29.4 Å². The molecular formula is C19H15N5O. The predicted molar refractivity (Wildman–Crippen MR) is 94.5 cm³/mol. The summed E-state index contributed by atoms with van der Waals surface area (Å²) in [5.41, 5.74) is 3.57. The van der Waals surface area contributed by atoms with Crippen molar-refractivity contribution in [3.05, 3.63) is 78.8 Å². The summed E-state index contributed by atoms with van der Waals surface area (Å²) in [6, 6.07) is 17.4. The number of aromatic nitrogens is 4. The van der Waals surface area contributed by atoms with Gasteiger partial charge in [0.15, 0.2) is 0 Å². The lowest BCUT2D eigenvalue weighted by atomic mass is 10.2. The molecule has 25 heavy (non-hydrogen) atoms. The second-order valence-corrected chi connectivity index (χ2v) is 5.44. The Labute approximate surface area is 144 Å². The molecule has 0 aliphatic heterocycles. The quantitative estimate of drug-likeness (QED) is 0.600. The van der Waals surface area contributed by atoms with E-state index in [1.165, 1.54) is 0 Å². The van der Waals surface area contributed by atoms with Gasteiger partial charge in [0.1, 0.15) is 5.69 Å². The molecule has 0 bridgehead atoms. The van der Waals surface area contributed by atoms with Crippen LogP contribution in [0.3, 0.4) is 0 Å². The van der Waals surface area contributed by atoms with E-state index >= 15 is 0 Å². The van der Waals surface area contributed by atoms with E-state index in [4.69, 9.17) is 4.52 Å². The fourth-order valence-corrected chi connectivity index (χ4v) is 2.36. The van der Waals surface area contributed by atoms with Crippen LogP contribution in [-0.4, -0.2) is 20.1 Å². The average Bonchev–Trinajstić information content (AvgIpc) is 3.19. The lowest BCUT2D eigenvalue weighted by molar-refractivity contribution is 0.432. The van der Waals surface area contributed by atoms with E-state index in [-0.39, 0.29) is 0 Å². The molecule has 1 N–H and O–H groups in total. The van der Waals surface area contributed by atoms with Crippen LogP contribution in [-0.2, 0) is 6.54 Å². The highest BCUT2D eigenvalue weighted by Crippen LogP contribution is 2.21. The Morgan fingerprint density at radius 2 is 1.84 bits per heavy atom. The summed E-state index contributed by atoms with van der Waals surface area (Å²) in [6.07, 6.45) is 5.35. The van der Waals surface area contributed by atoms with Crippen LogP contribution in [0.25, 0.3) is 23.0 Å². The maximum atomic E-state index is 5.32. The third-order valence-electron chi connectivity index (χ3n) is 3.66. The summed E-state index contributed by atoms with van der Waals surface area (Å²) in [6.45, 7) is 0.690. The molecule has 1 aromatic carbocycles. The van der Waals surface area contributed by atoms with Gasteiger partial charge in [-0.15, -0.1) is 0 Å². The van der Waals surface area contributed by atoms with Crippen molar-refractivity contribution in [1.29, 1.82) is 0 Å². The molecule has 4 aromatic rings. The molecule has 4 rings (SSSR count). The Balaban J connectivity index is 1.46. The molecule has 0 aliphatic rings. The van der Waals surface area contributed by atoms with Crippen molar-refractivity contribution in [2.75, 3.05) is 5.32 Å². The number of nitrogens with one attached hydrogen (secondary N) is 1. The molecule has 3 heterocycles. The number of anilines is 1. The molecule has 122 valence electrons. The number of pyridine rings is 2. The van der Waals surface area contributed by atoms with Crippen LogP contribution in [0.1, 0.15) is 5.56 Å². The van der Waals surface area contributed by atoms with Crippen molar-refractivity contribution in [2.24, 2.45) is 0 Å². The first-order valence-electron chi connectivity index (χ1n) is 7.87. The lowest BCUT2D eigenvalue weighted by Crippen LogP contribution is -2.00. The minimum atomic E-state index is 0.470. The molecule has 0 atom stereocenters. The van der Waals surface area contributed by atoms with Gasteiger partial charge in [0.2, 0.25) is 5.82 Å². The summed E-state index contributed by atoms with van der Waals surface area (Å²) in [5, 5.41) is 7.31. The van der Waals surface area contributed by atoms with Crippen molar-refractivity contribution in [2.45, 2.75) is 6.54 Å². The van der Waals surface area contributed by atoms with Crippen LogP contribution in [0.15, 0.2) is 77.7 Å². The first-order chi connectivity index (χ1) is 12.4. The molecule has 6 nitrogen and oxygen atoms in total. The van der Waals surface area contributed by atoms with E-state index in [0.717, 1.165) is 16.8 Å². The summed E-state index contributed by atoms with van der Waals surface area (Å²) in [4.78, 5) is 12.9. The lowest BCUT2D eigenvalue weighted by Gasteiger charge is -2.05. The van der Waals surface area contributed by atoms with E-state index in [2.05, 4.69) is 25.4 Å². The number of rotatable bonds is 5. The average molecular weight is 329 g/mol. The van der Waals surface area contributed by atoms with Crippen LogP contribution >= 0.6 is 0 Å². The van der Waals surface area contributed by atoms with Crippen LogP contribution in [0.4, 0.5) is 5.69 Å². The highest BCUT2D eigenvalue weighted by atomic mass is 16.5. The maximum absolute atomic E-state index is 5.32. The number of nitrogens with zero attached hydrogens (tertiary/aromatic N) is 4. The second kappa shape index (κ2) is 6.92. The van der Waals surface area contributed by atoms with E-state index in [1.807, 2.05) is 60.8 Å². The molecule has 0 aliphatic carbocycles. The minimum Gasteiger partial charge on any atom is -0.380 e. The van der Waals surface area contributed by atoms with Crippen molar-refractivity contribution >= 4 is 5.69 Å². The van der Waals surface area contributed by atoms with Crippen molar-refractivity contribution in [1.82, 2.24) is 20.1 Å². The predicted octanol–water partition coefficient (Wildman–Crippen LogP) is 3.81. The molecule has 0 saturated carbocycles. The molecule has 0 saturated heterocycles. The zero-order valence-corrected chi connectivity index (χ0v) is 13.3. The first-order valence-corrected chi connectivity index (χ1v) is 7.87. The molecule has 3 aromatic heterocycles. The van der Waals surface area contributed by atoms with Crippen LogP contribution in [0.2, 0.25) is 0 Å². The van der Waals surface area contributed by atoms with Gasteiger partial charge >= 0.3 is 0 Å².